The van der Waals surface area contributed by atoms with Gasteiger partial charge in [-0.15, -0.1) is 0 Å². The number of nitrogens with zero attached hydrogens (tertiary/aromatic N) is 1. The second-order valence-electron chi connectivity index (χ2n) is 7.65. The summed E-state index contributed by atoms with van der Waals surface area (Å²) in [6.07, 6.45) is 1.63. The number of benzene rings is 2. The maximum atomic E-state index is 13.4. The molecule has 170 valence electrons. The minimum atomic E-state index is -3.91. The van der Waals surface area contributed by atoms with Crippen molar-refractivity contribution in [2.24, 2.45) is 0 Å². The SMILES string of the molecule is Cc1ccc(S(=O)(=O)N(CC(=O)NCCSCc2ccco2)c2cc(C)cc(C)c2)cc1. The summed E-state index contributed by atoms with van der Waals surface area (Å²) in [7, 11) is -3.91. The van der Waals surface area contributed by atoms with Crippen molar-refractivity contribution in [2.75, 3.05) is 23.1 Å². The molecule has 1 heterocycles. The Labute approximate surface area is 194 Å². The van der Waals surface area contributed by atoms with E-state index in [0.29, 0.717) is 18.0 Å². The Kier molecular flexibility index (Phi) is 8.04. The zero-order chi connectivity index (χ0) is 23.1. The number of carbonyl (C=O) groups excluding carboxylic acids is 1. The van der Waals surface area contributed by atoms with Crippen LogP contribution in [0.3, 0.4) is 0 Å². The van der Waals surface area contributed by atoms with Gasteiger partial charge in [-0.25, -0.2) is 8.42 Å². The molecule has 0 radical (unpaired) electrons. The number of carbonyl (C=O) groups is 1. The smallest absolute Gasteiger partial charge is 0.264 e. The van der Waals surface area contributed by atoms with Crippen LogP contribution in [0, 0.1) is 20.8 Å². The second kappa shape index (κ2) is 10.7. The third-order valence-electron chi connectivity index (χ3n) is 4.78. The van der Waals surface area contributed by atoms with Crippen molar-refractivity contribution in [3.63, 3.8) is 0 Å². The molecule has 0 saturated heterocycles. The van der Waals surface area contributed by atoms with E-state index in [2.05, 4.69) is 5.32 Å². The number of rotatable bonds is 10. The molecule has 1 aromatic heterocycles. The van der Waals surface area contributed by atoms with Crippen LogP contribution < -0.4 is 9.62 Å². The molecule has 0 fully saturated rings. The monoisotopic (exact) mass is 472 g/mol. The number of aryl methyl sites for hydroxylation is 3. The number of amides is 1. The van der Waals surface area contributed by atoms with Crippen LogP contribution in [-0.2, 0) is 20.6 Å². The average Bonchev–Trinajstić information content (AvgIpc) is 3.25. The quantitative estimate of drug-likeness (QED) is 0.441. The van der Waals surface area contributed by atoms with Gasteiger partial charge in [0.05, 0.1) is 22.6 Å². The largest absolute Gasteiger partial charge is 0.468 e. The van der Waals surface area contributed by atoms with Crippen LogP contribution >= 0.6 is 11.8 Å². The molecule has 2 aromatic carbocycles. The van der Waals surface area contributed by atoms with E-state index in [9.17, 15) is 13.2 Å². The number of sulfonamides is 1. The van der Waals surface area contributed by atoms with Crippen LogP contribution in [0.4, 0.5) is 5.69 Å². The van der Waals surface area contributed by atoms with Crippen LogP contribution in [0.1, 0.15) is 22.5 Å². The lowest BCUT2D eigenvalue weighted by molar-refractivity contribution is -0.119. The maximum absolute atomic E-state index is 13.4. The predicted octanol–water partition coefficient (Wildman–Crippen LogP) is 4.45. The number of nitrogens with one attached hydrogen (secondary N) is 1. The lowest BCUT2D eigenvalue weighted by Crippen LogP contribution is -2.41. The van der Waals surface area contributed by atoms with Gasteiger partial charge in [-0.3, -0.25) is 9.10 Å². The van der Waals surface area contributed by atoms with E-state index >= 15 is 0 Å². The molecule has 0 atom stereocenters. The summed E-state index contributed by atoms with van der Waals surface area (Å²) >= 11 is 1.64. The lowest BCUT2D eigenvalue weighted by atomic mass is 10.1. The van der Waals surface area contributed by atoms with E-state index in [1.54, 1.807) is 54.4 Å². The fourth-order valence-electron chi connectivity index (χ4n) is 3.26. The van der Waals surface area contributed by atoms with Gasteiger partial charge in [0.15, 0.2) is 0 Å². The molecule has 1 N–H and O–H groups in total. The fraction of sp³-hybridized carbons (Fsp3) is 0.292. The highest BCUT2D eigenvalue weighted by atomic mass is 32.2. The Bertz CT molecular complexity index is 1120. The van der Waals surface area contributed by atoms with Gasteiger partial charge < -0.3 is 9.73 Å². The van der Waals surface area contributed by atoms with E-state index in [1.165, 1.54) is 4.31 Å². The summed E-state index contributed by atoms with van der Waals surface area (Å²) in [6.45, 7) is 5.86. The van der Waals surface area contributed by atoms with Gasteiger partial charge in [0.25, 0.3) is 10.0 Å². The van der Waals surface area contributed by atoms with E-state index in [-0.39, 0.29) is 17.3 Å². The molecule has 0 aliphatic heterocycles. The van der Waals surface area contributed by atoms with Crippen molar-refractivity contribution in [3.05, 3.63) is 83.3 Å². The van der Waals surface area contributed by atoms with Gasteiger partial charge in [0.1, 0.15) is 12.3 Å². The van der Waals surface area contributed by atoms with Gasteiger partial charge in [-0.1, -0.05) is 23.8 Å². The van der Waals surface area contributed by atoms with Gasteiger partial charge >= 0.3 is 0 Å². The standard InChI is InChI=1S/C24H28N2O4S2/c1-18-6-8-23(9-7-18)32(28,29)26(21-14-19(2)13-20(3)15-21)16-24(27)25-10-12-31-17-22-5-4-11-30-22/h4-9,11,13-15H,10,12,16-17H2,1-3H3,(H,25,27). The summed E-state index contributed by atoms with van der Waals surface area (Å²) in [4.78, 5) is 12.8. The summed E-state index contributed by atoms with van der Waals surface area (Å²) in [5, 5.41) is 2.83. The van der Waals surface area contributed by atoms with Crippen LogP contribution in [0.2, 0.25) is 0 Å². The van der Waals surface area contributed by atoms with Crippen molar-refractivity contribution in [2.45, 2.75) is 31.4 Å². The minimum absolute atomic E-state index is 0.157. The Morgan fingerprint density at radius 3 is 2.31 bits per heavy atom. The van der Waals surface area contributed by atoms with Gasteiger partial charge in [0.2, 0.25) is 5.91 Å². The highest BCUT2D eigenvalue weighted by Crippen LogP contribution is 2.26. The highest BCUT2D eigenvalue weighted by molar-refractivity contribution is 7.98. The maximum Gasteiger partial charge on any atom is 0.264 e. The van der Waals surface area contributed by atoms with Crippen LogP contribution in [0.15, 0.2) is 70.2 Å². The predicted molar refractivity (Wildman–Crippen MR) is 130 cm³/mol. The molecular weight excluding hydrogens is 444 g/mol. The molecule has 6 nitrogen and oxygen atoms in total. The molecule has 0 aliphatic carbocycles. The summed E-state index contributed by atoms with van der Waals surface area (Å²) in [5.74, 6) is 1.95. The first kappa shape index (κ1) is 23.9. The lowest BCUT2D eigenvalue weighted by Gasteiger charge is -2.25. The third kappa shape index (κ3) is 6.40. The molecule has 32 heavy (non-hydrogen) atoms. The first-order chi connectivity index (χ1) is 15.3. The zero-order valence-corrected chi connectivity index (χ0v) is 20.1. The number of hydrogen-bond acceptors (Lipinski definition) is 5. The van der Waals surface area contributed by atoms with Gasteiger partial charge in [-0.2, -0.15) is 11.8 Å². The summed E-state index contributed by atoms with van der Waals surface area (Å²) in [5.41, 5.74) is 3.30. The average molecular weight is 473 g/mol. The number of thioether (sulfide) groups is 1. The molecular formula is C24H28N2O4S2. The fourth-order valence-corrected chi connectivity index (χ4v) is 5.42. The zero-order valence-electron chi connectivity index (χ0n) is 18.5. The molecule has 0 spiro atoms. The van der Waals surface area contributed by atoms with E-state index in [0.717, 1.165) is 28.2 Å². The van der Waals surface area contributed by atoms with E-state index in [1.807, 2.05) is 39.0 Å². The first-order valence-corrected chi connectivity index (χ1v) is 12.9. The van der Waals surface area contributed by atoms with Gasteiger partial charge in [-0.05, 0) is 68.3 Å². The van der Waals surface area contributed by atoms with Crippen LogP contribution in [0.5, 0.6) is 0 Å². The van der Waals surface area contributed by atoms with Crippen molar-refractivity contribution < 1.29 is 17.6 Å². The molecule has 0 unspecified atom stereocenters. The Morgan fingerprint density at radius 1 is 1.00 bits per heavy atom. The molecule has 8 heteroatoms. The molecule has 0 saturated carbocycles. The van der Waals surface area contributed by atoms with E-state index < -0.39 is 10.0 Å². The minimum Gasteiger partial charge on any atom is -0.468 e. The number of anilines is 1. The van der Waals surface area contributed by atoms with E-state index in [4.69, 9.17) is 4.42 Å². The Balaban J connectivity index is 1.72. The summed E-state index contributed by atoms with van der Waals surface area (Å²) in [6, 6.07) is 15.9. The van der Waals surface area contributed by atoms with Crippen molar-refractivity contribution in [1.82, 2.24) is 5.32 Å². The Hall–Kier alpha value is -2.71. The Morgan fingerprint density at radius 2 is 1.69 bits per heavy atom. The molecule has 0 aliphatic rings. The normalized spacial score (nSPS) is 11.3. The van der Waals surface area contributed by atoms with Crippen molar-refractivity contribution in [1.29, 1.82) is 0 Å². The number of hydrogen-bond donors (Lipinski definition) is 1. The number of furan rings is 1. The third-order valence-corrected chi connectivity index (χ3v) is 7.55. The molecule has 3 rings (SSSR count). The second-order valence-corrected chi connectivity index (χ2v) is 10.6. The van der Waals surface area contributed by atoms with Gasteiger partial charge in [0, 0.05) is 12.3 Å². The van der Waals surface area contributed by atoms with Crippen molar-refractivity contribution in [3.8, 4) is 0 Å². The molecule has 1 amide bonds. The molecule has 3 aromatic rings. The topological polar surface area (TPSA) is 79.6 Å². The van der Waals surface area contributed by atoms with Crippen LogP contribution in [-0.4, -0.2) is 33.2 Å². The highest BCUT2D eigenvalue weighted by Gasteiger charge is 2.27. The van der Waals surface area contributed by atoms with Crippen molar-refractivity contribution >= 4 is 33.4 Å². The first-order valence-electron chi connectivity index (χ1n) is 10.3. The van der Waals surface area contributed by atoms with Crippen LogP contribution in [0.25, 0.3) is 0 Å². The molecule has 0 bridgehead atoms. The summed E-state index contributed by atoms with van der Waals surface area (Å²) < 4.78 is 33.4.